The predicted octanol–water partition coefficient (Wildman–Crippen LogP) is 4.98. The van der Waals surface area contributed by atoms with Gasteiger partial charge < -0.3 is 10.1 Å². The van der Waals surface area contributed by atoms with Crippen LogP contribution in [0.4, 0.5) is 10.1 Å². The molecule has 1 amide bonds. The quantitative estimate of drug-likeness (QED) is 0.679. The number of anilines is 1. The average molecular weight is 379 g/mol. The van der Waals surface area contributed by atoms with Crippen LogP contribution in [0.2, 0.25) is 0 Å². The van der Waals surface area contributed by atoms with Crippen LogP contribution < -0.4 is 10.1 Å². The zero-order valence-corrected chi connectivity index (χ0v) is 15.5. The highest BCUT2D eigenvalue weighted by atomic mass is 19.1. The second-order valence-electron chi connectivity index (χ2n) is 7.16. The normalized spacial score (nSPS) is 14.8. The average Bonchev–Trinajstić information content (AvgIpc) is 2.73. The first kappa shape index (κ1) is 18.3. The van der Waals surface area contributed by atoms with Crippen LogP contribution in [-0.4, -0.2) is 22.5 Å². The summed E-state index contributed by atoms with van der Waals surface area (Å²) in [5, 5.41) is 3.66. The number of amides is 1. The summed E-state index contributed by atoms with van der Waals surface area (Å²) < 4.78 is 20.7. The van der Waals surface area contributed by atoms with Gasteiger partial charge in [-0.2, -0.15) is 0 Å². The molecule has 2 aromatic heterocycles. The van der Waals surface area contributed by atoms with Gasteiger partial charge in [0, 0.05) is 18.1 Å². The molecule has 0 saturated heterocycles. The number of aromatic nitrogens is 2. The highest BCUT2D eigenvalue weighted by Crippen LogP contribution is 2.31. The van der Waals surface area contributed by atoms with Crippen LogP contribution in [0, 0.1) is 11.7 Å². The molecule has 1 aromatic carbocycles. The molecule has 6 heteroatoms. The van der Waals surface area contributed by atoms with Crippen molar-refractivity contribution in [1.82, 2.24) is 9.97 Å². The highest BCUT2D eigenvalue weighted by Gasteiger charge is 2.17. The molecule has 1 N–H and O–H groups in total. The van der Waals surface area contributed by atoms with Gasteiger partial charge in [-0.1, -0.05) is 25.3 Å². The Kier molecular flexibility index (Phi) is 5.46. The van der Waals surface area contributed by atoms with Gasteiger partial charge in [0.05, 0.1) is 12.0 Å². The summed E-state index contributed by atoms with van der Waals surface area (Å²) >= 11 is 0. The van der Waals surface area contributed by atoms with Crippen LogP contribution >= 0.6 is 0 Å². The number of carbonyl (C=O) groups is 1. The Morgan fingerprint density at radius 1 is 1.11 bits per heavy atom. The number of rotatable bonds is 5. The minimum absolute atomic E-state index is 0.272. The Morgan fingerprint density at radius 3 is 2.75 bits per heavy atom. The van der Waals surface area contributed by atoms with Crippen LogP contribution in [0.15, 0.2) is 48.8 Å². The molecule has 144 valence electrons. The van der Waals surface area contributed by atoms with E-state index in [-0.39, 0.29) is 11.6 Å². The van der Waals surface area contributed by atoms with E-state index in [0.29, 0.717) is 34.9 Å². The summed E-state index contributed by atoms with van der Waals surface area (Å²) in [6.07, 6.45) is 9.17. The molecule has 1 fully saturated rings. The van der Waals surface area contributed by atoms with E-state index in [2.05, 4.69) is 15.3 Å². The van der Waals surface area contributed by atoms with Crippen molar-refractivity contribution in [2.45, 2.75) is 32.1 Å². The van der Waals surface area contributed by atoms with Gasteiger partial charge in [-0.15, -0.1) is 0 Å². The Bertz CT molecular complexity index is 972. The summed E-state index contributed by atoms with van der Waals surface area (Å²) in [6, 6.07) is 9.78. The van der Waals surface area contributed by atoms with E-state index in [1.165, 1.54) is 31.5 Å². The van der Waals surface area contributed by atoms with Crippen LogP contribution in [0.1, 0.15) is 42.6 Å². The maximum Gasteiger partial charge on any atom is 0.274 e. The number of ether oxygens (including phenoxy) is 1. The predicted molar refractivity (Wildman–Crippen MR) is 106 cm³/mol. The summed E-state index contributed by atoms with van der Waals surface area (Å²) in [4.78, 5) is 20.5. The van der Waals surface area contributed by atoms with Crippen molar-refractivity contribution in [3.05, 3.63) is 60.3 Å². The third-order valence-corrected chi connectivity index (χ3v) is 5.12. The van der Waals surface area contributed by atoms with Gasteiger partial charge >= 0.3 is 0 Å². The lowest BCUT2D eigenvalue weighted by Gasteiger charge is -2.21. The maximum atomic E-state index is 14.8. The summed E-state index contributed by atoms with van der Waals surface area (Å²) in [7, 11) is 0. The van der Waals surface area contributed by atoms with Crippen molar-refractivity contribution < 1.29 is 13.9 Å². The lowest BCUT2D eigenvalue weighted by Crippen LogP contribution is -2.16. The van der Waals surface area contributed by atoms with Gasteiger partial charge in [0.1, 0.15) is 11.5 Å². The van der Waals surface area contributed by atoms with Crippen LogP contribution in [0.5, 0.6) is 5.88 Å². The number of carbonyl (C=O) groups excluding carboxylic acids is 1. The number of nitrogens with zero attached hydrogens (tertiary/aromatic N) is 2. The number of hydrogen-bond acceptors (Lipinski definition) is 4. The SMILES string of the molecule is O=C(Nc1cc(F)c2c(OCC3CCCCC3)nccc2c1)c1ccccn1. The number of nitrogens with one attached hydrogen (secondary N) is 1. The molecule has 0 bridgehead atoms. The molecule has 1 saturated carbocycles. The number of hydrogen-bond donors (Lipinski definition) is 1. The van der Waals surface area contributed by atoms with Gasteiger partial charge in [0.15, 0.2) is 0 Å². The Labute approximate surface area is 163 Å². The van der Waals surface area contributed by atoms with E-state index >= 15 is 0 Å². The largest absolute Gasteiger partial charge is 0.477 e. The molecule has 1 aliphatic carbocycles. The fraction of sp³-hybridized carbons (Fsp3) is 0.318. The van der Waals surface area contributed by atoms with Crippen molar-refractivity contribution >= 4 is 22.4 Å². The summed E-state index contributed by atoms with van der Waals surface area (Å²) in [5.74, 6) is -0.0447. The highest BCUT2D eigenvalue weighted by molar-refractivity contribution is 6.04. The lowest BCUT2D eigenvalue weighted by molar-refractivity contribution is 0.102. The van der Waals surface area contributed by atoms with Crippen LogP contribution in [-0.2, 0) is 0 Å². The monoisotopic (exact) mass is 379 g/mol. The first-order valence-electron chi connectivity index (χ1n) is 9.64. The second kappa shape index (κ2) is 8.33. The summed E-state index contributed by atoms with van der Waals surface area (Å²) in [6.45, 7) is 0.559. The molecule has 0 unspecified atom stereocenters. The minimum atomic E-state index is -0.472. The molecule has 0 aliphatic heterocycles. The van der Waals surface area contributed by atoms with Gasteiger partial charge in [-0.3, -0.25) is 9.78 Å². The Morgan fingerprint density at radius 2 is 1.96 bits per heavy atom. The first-order chi connectivity index (χ1) is 13.7. The van der Waals surface area contributed by atoms with Crippen molar-refractivity contribution in [3.63, 3.8) is 0 Å². The first-order valence-corrected chi connectivity index (χ1v) is 9.64. The molecule has 2 heterocycles. The lowest BCUT2D eigenvalue weighted by atomic mass is 9.90. The molecule has 0 spiro atoms. The fourth-order valence-electron chi connectivity index (χ4n) is 3.66. The van der Waals surface area contributed by atoms with Crippen molar-refractivity contribution in [1.29, 1.82) is 0 Å². The van der Waals surface area contributed by atoms with E-state index in [9.17, 15) is 9.18 Å². The standard InChI is InChI=1S/C22H22FN3O2/c23-18-13-17(26-21(27)19-8-4-5-10-24-19)12-16-9-11-25-22(20(16)18)28-14-15-6-2-1-3-7-15/h4-5,8-13,15H,1-3,6-7,14H2,(H,26,27). The molecule has 0 atom stereocenters. The van der Waals surface area contributed by atoms with Gasteiger partial charge in [0.2, 0.25) is 5.88 Å². The second-order valence-corrected chi connectivity index (χ2v) is 7.16. The van der Waals surface area contributed by atoms with E-state index in [4.69, 9.17) is 4.74 Å². The number of pyridine rings is 2. The molecular formula is C22H22FN3O2. The van der Waals surface area contributed by atoms with Crippen LogP contribution in [0.25, 0.3) is 10.8 Å². The minimum Gasteiger partial charge on any atom is -0.477 e. The molecule has 3 aromatic rings. The van der Waals surface area contributed by atoms with Gasteiger partial charge in [-0.25, -0.2) is 9.37 Å². The summed E-state index contributed by atoms with van der Waals surface area (Å²) in [5.41, 5.74) is 0.638. The molecular weight excluding hydrogens is 357 g/mol. The van der Waals surface area contributed by atoms with Crippen molar-refractivity contribution in [2.24, 2.45) is 5.92 Å². The van der Waals surface area contributed by atoms with E-state index < -0.39 is 5.82 Å². The Balaban J connectivity index is 1.54. The van der Waals surface area contributed by atoms with E-state index in [0.717, 1.165) is 12.8 Å². The van der Waals surface area contributed by atoms with Crippen molar-refractivity contribution in [3.8, 4) is 5.88 Å². The molecule has 1 aliphatic rings. The zero-order valence-electron chi connectivity index (χ0n) is 15.5. The Hall–Kier alpha value is -3.02. The molecule has 0 radical (unpaired) electrons. The molecule has 28 heavy (non-hydrogen) atoms. The van der Waals surface area contributed by atoms with Gasteiger partial charge in [0.25, 0.3) is 5.91 Å². The van der Waals surface area contributed by atoms with Gasteiger partial charge in [-0.05, 0) is 54.5 Å². The molecule has 5 nitrogen and oxygen atoms in total. The van der Waals surface area contributed by atoms with Crippen LogP contribution in [0.3, 0.4) is 0 Å². The fourth-order valence-corrected chi connectivity index (χ4v) is 3.66. The van der Waals surface area contributed by atoms with E-state index in [1.807, 2.05) is 0 Å². The number of fused-ring (bicyclic) bond motifs is 1. The molecule has 4 rings (SSSR count). The third kappa shape index (κ3) is 4.11. The number of benzene rings is 1. The topological polar surface area (TPSA) is 64.1 Å². The maximum absolute atomic E-state index is 14.8. The van der Waals surface area contributed by atoms with E-state index in [1.54, 1.807) is 36.5 Å². The number of halogens is 1. The third-order valence-electron chi connectivity index (χ3n) is 5.12. The zero-order chi connectivity index (χ0) is 19.3. The smallest absolute Gasteiger partial charge is 0.274 e. The van der Waals surface area contributed by atoms with Crippen molar-refractivity contribution in [2.75, 3.05) is 11.9 Å².